The van der Waals surface area contributed by atoms with Gasteiger partial charge in [0.1, 0.15) is 5.60 Å². The number of benzene rings is 1. The number of H-pyrrole nitrogens is 1. The lowest BCUT2D eigenvalue weighted by molar-refractivity contribution is -0.176. The molecule has 2 aliphatic heterocycles. The minimum Gasteiger partial charge on any atom is -0.363 e. The van der Waals surface area contributed by atoms with Crippen LogP contribution < -0.4 is 4.90 Å². The number of aromatic nitrogens is 3. The summed E-state index contributed by atoms with van der Waals surface area (Å²) in [6, 6.07) is 10.2. The predicted octanol–water partition coefficient (Wildman–Crippen LogP) is 2.92. The van der Waals surface area contributed by atoms with Crippen LogP contribution in [0.4, 0.5) is 5.95 Å². The molecule has 0 aliphatic carbocycles. The molecule has 0 radical (unpaired) electrons. The first-order valence-corrected chi connectivity index (χ1v) is 10.7. The van der Waals surface area contributed by atoms with Gasteiger partial charge in [0, 0.05) is 68.0 Å². The molecule has 0 bridgehead atoms. The smallest absolute Gasteiger partial charge is 0.255 e. The number of fused-ring (bicyclic) bond motifs is 1. The Balaban J connectivity index is 1.30. The summed E-state index contributed by atoms with van der Waals surface area (Å²) >= 11 is 0. The first kappa shape index (κ1) is 19.1. The molecule has 4 heterocycles. The number of hydrogen-bond donors (Lipinski definition) is 1. The summed E-state index contributed by atoms with van der Waals surface area (Å²) in [6.45, 7) is 5.36. The van der Waals surface area contributed by atoms with Crippen LogP contribution in [0.3, 0.4) is 0 Å². The van der Waals surface area contributed by atoms with Crippen LogP contribution in [-0.4, -0.2) is 57.6 Å². The molecule has 1 aromatic carbocycles. The van der Waals surface area contributed by atoms with Gasteiger partial charge >= 0.3 is 0 Å². The summed E-state index contributed by atoms with van der Waals surface area (Å²) in [5, 5.41) is 1.17. The maximum Gasteiger partial charge on any atom is 0.255 e. The SMILES string of the molecule is CCc1ccnc(N2CCC3(CC2)OCCN(Cc2c[nH]c4ccccc24)C3=O)n1. The Morgan fingerprint density at radius 2 is 2.00 bits per heavy atom. The third kappa shape index (κ3) is 3.33. The van der Waals surface area contributed by atoms with Crippen molar-refractivity contribution in [1.29, 1.82) is 0 Å². The molecule has 1 N–H and O–H groups in total. The quantitative estimate of drug-likeness (QED) is 0.722. The Bertz CT molecular complexity index is 1050. The third-order valence-electron chi connectivity index (χ3n) is 6.37. The summed E-state index contributed by atoms with van der Waals surface area (Å²) < 4.78 is 6.12. The van der Waals surface area contributed by atoms with Gasteiger partial charge < -0.3 is 19.5 Å². The number of aryl methyl sites for hydroxylation is 1. The van der Waals surface area contributed by atoms with Gasteiger partial charge in [0.2, 0.25) is 5.95 Å². The van der Waals surface area contributed by atoms with E-state index in [-0.39, 0.29) is 5.91 Å². The van der Waals surface area contributed by atoms with E-state index in [2.05, 4.69) is 38.9 Å². The molecule has 156 valence electrons. The van der Waals surface area contributed by atoms with Crippen molar-refractivity contribution >= 4 is 22.8 Å². The fourth-order valence-electron chi connectivity index (χ4n) is 4.58. The lowest BCUT2D eigenvalue weighted by Gasteiger charge is -2.46. The summed E-state index contributed by atoms with van der Waals surface area (Å²) in [7, 11) is 0. The average molecular weight is 406 g/mol. The van der Waals surface area contributed by atoms with Crippen molar-refractivity contribution < 1.29 is 9.53 Å². The topological polar surface area (TPSA) is 74.3 Å². The fourth-order valence-corrected chi connectivity index (χ4v) is 4.58. The number of anilines is 1. The van der Waals surface area contributed by atoms with Crippen LogP contribution >= 0.6 is 0 Å². The number of morpholine rings is 1. The zero-order valence-electron chi connectivity index (χ0n) is 17.3. The van der Waals surface area contributed by atoms with Gasteiger partial charge in [-0.1, -0.05) is 25.1 Å². The zero-order chi connectivity index (χ0) is 20.6. The molecule has 7 heteroatoms. The highest BCUT2D eigenvalue weighted by Gasteiger charge is 2.47. The summed E-state index contributed by atoms with van der Waals surface area (Å²) in [6.07, 6.45) is 6.04. The number of carbonyl (C=O) groups excluding carboxylic acids is 1. The number of nitrogens with zero attached hydrogens (tertiary/aromatic N) is 4. The number of nitrogens with one attached hydrogen (secondary N) is 1. The summed E-state index contributed by atoms with van der Waals surface area (Å²) in [5.74, 6) is 0.866. The molecule has 0 atom stereocenters. The molecule has 30 heavy (non-hydrogen) atoms. The molecule has 2 fully saturated rings. The van der Waals surface area contributed by atoms with Gasteiger partial charge in [-0.25, -0.2) is 9.97 Å². The third-order valence-corrected chi connectivity index (χ3v) is 6.37. The number of piperidine rings is 1. The van der Waals surface area contributed by atoms with Crippen LogP contribution in [0.2, 0.25) is 0 Å². The molecule has 1 amide bonds. The van der Waals surface area contributed by atoms with Gasteiger partial charge in [-0.05, 0) is 24.1 Å². The van der Waals surface area contributed by atoms with Gasteiger partial charge in [-0.3, -0.25) is 4.79 Å². The lowest BCUT2D eigenvalue weighted by Crippen LogP contribution is -2.60. The van der Waals surface area contributed by atoms with E-state index < -0.39 is 5.60 Å². The summed E-state index contributed by atoms with van der Waals surface area (Å²) in [5.41, 5.74) is 2.57. The first-order valence-electron chi connectivity index (χ1n) is 10.7. The van der Waals surface area contributed by atoms with E-state index in [1.165, 1.54) is 5.39 Å². The van der Waals surface area contributed by atoms with Crippen molar-refractivity contribution in [3.8, 4) is 0 Å². The molecular weight excluding hydrogens is 378 g/mol. The van der Waals surface area contributed by atoms with Crippen molar-refractivity contribution in [1.82, 2.24) is 19.9 Å². The van der Waals surface area contributed by atoms with Gasteiger partial charge in [-0.15, -0.1) is 0 Å². The molecule has 1 spiro atoms. The molecule has 2 aromatic heterocycles. The van der Waals surface area contributed by atoms with Crippen molar-refractivity contribution in [3.63, 3.8) is 0 Å². The second-order valence-electron chi connectivity index (χ2n) is 8.12. The molecular formula is C23H27N5O2. The zero-order valence-corrected chi connectivity index (χ0v) is 17.3. The lowest BCUT2D eigenvalue weighted by atomic mass is 9.88. The Morgan fingerprint density at radius 3 is 2.83 bits per heavy atom. The summed E-state index contributed by atoms with van der Waals surface area (Å²) in [4.78, 5) is 30.0. The Morgan fingerprint density at radius 1 is 1.17 bits per heavy atom. The molecule has 5 rings (SSSR count). The van der Waals surface area contributed by atoms with Crippen LogP contribution in [-0.2, 0) is 22.5 Å². The van der Waals surface area contributed by atoms with E-state index in [1.807, 2.05) is 35.5 Å². The minimum absolute atomic E-state index is 0.113. The minimum atomic E-state index is -0.719. The Labute approximate surface area is 176 Å². The maximum atomic E-state index is 13.4. The molecule has 7 nitrogen and oxygen atoms in total. The van der Waals surface area contributed by atoms with E-state index in [9.17, 15) is 4.79 Å². The van der Waals surface area contributed by atoms with Gasteiger partial charge in [0.05, 0.1) is 6.61 Å². The number of hydrogen-bond acceptors (Lipinski definition) is 5. The number of ether oxygens (including phenoxy) is 1. The second kappa shape index (κ2) is 7.72. The highest BCUT2D eigenvalue weighted by atomic mass is 16.5. The van der Waals surface area contributed by atoms with Crippen LogP contribution in [0.5, 0.6) is 0 Å². The van der Waals surface area contributed by atoms with E-state index in [0.717, 1.165) is 42.2 Å². The maximum absolute atomic E-state index is 13.4. The monoisotopic (exact) mass is 405 g/mol. The second-order valence-corrected chi connectivity index (χ2v) is 8.12. The van der Waals surface area contributed by atoms with E-state index >= 15 is 0 Å². The largest absolute Gasteiger partial charge is 0.363 e. The number of amides is 1. The first-order chi connectivity index (χ1) is 14.7. The van der Waals surface area contributed by atoms with Crippen LogP contribution in [0.25, 0.3) is 10.9 Å². The van der Waals surface area contributed by atoms with Gasteiger partial charge in [0.15, 0.2) is 0 Å². The molecule has 0 saturated carbocycles. The highest BCUT2D eigenvalue weighted by Crippen LogP contribution is 2.33. The van der Waals surface area contributed by atoms with Crippen molar-refractivity contribution in [2.24, 2.45) is 0 Å². The molecule has 2 saturated heterocycles. The van der Waals surface area contributed by atoms with Crippen molar-refractivity contribution in [2.45, 2.75) is 38.3 Å². The van der Waals surface area contributed by atoms with Crippen molar-refractivity contribution in [3.05, 3.63) is 54.0 Å². The van der Waals surface area contributed by atoms with Gasteiger partial charge in [-0.2, -0.15) is 0 Å². The predicted molar refractivity (Wildman–Crippen MR) is 115 cm³/mol. The number of carbonyl (C=O) groups is 1. The number of aromatic amines is 1. The van der Waals surface area contributed by atoms with E-state index in [0.29, 0.717) is 32.5 Å². The normalized spacial score (nSPS) is 19.0. The number of rotatable bonds is 4. The molecule has 2 aliphatic rings. The van der Waals surface area contributed by atoms with E-state index in [4.69, 9.17) is 4.74 Å². The van der Waals surface area contributed by atoms with Gasteiger partial charge in [0.25, 0.3) is 5.91 Å². The Hall–Kier alpha value is -2.93. The Kier molecular flexibility index (Phi) is 4.90. The van der Waals surface area contributed by atoms with E-state index in [1.54, 1.807) is 0 Å². The number of para-hydroxylation sites is 1. The highest BCUT2D eigenvalue weighted by molar-refractivity contribution is 5.88. The fraction of sp³-hybridized carbons (Fsp3) is 0.435. The average Bonchev–Trinajstić information content (AvgIpc) is 3.20. The van der Waals surface area contributed by atoms with Crippen molar-refractivity contribution in [2.75, 3.05) is 31.1 Å². The van der Waals surface area contributed by atoms with Crippen LogP contribution in [0.1, 0.15) is 31.0 Å². The van der Waals surface area contributed by atoms with Crippen LogP contribution in [0, 0.1) is 0 Å². The molecule has 0 unspecified atom stereocenters. The van der Waals surface area contributed by atoms with Crippen LogP contribution in [0.15, 0.2) is 42.7 Å². The molecule has 3 aromatic rings. The standard InChI is InChI=1S/C23H27N5O2/c1-2-18-7-10-24-22(26-18)27-11-8-23(9-12-27)21(29)28(13-14-30-23)16-17-15-25-20-6-4-3-5-19(17)20/h3-7,10,15,25H,2,8-9,11-14,16H2,1H3.